The van der Waals surface area contributed by atoms with E-state index in [1.807, 2.05) is 6.92 Å². The fraction of sp³-hybridized carbons (Fsp3) is 0.929. The Hall–Kier alpha value is -0.610. The molecule has 0 aromatic rings. The summed E-state index contributed by atoms with van der Waals surface area (Å²) in [6.07, 6.45) is 6.65. The molecule has 1 saturated carbocycles. The van der Waals surface area contributed by atoms with E-state index in [0.29, 0.717) is 5.92 Å². The van der Waals surface area contributed by atoms with Crippen molar-refractivity contribution >= 4 is 5.91 Å². The first-order valence-electron chi connectivity index (χ1n) is 7.37. The number of nitrogens with one attached hydrogen (secondary N) is 2. The number of piperidine rings is 1. The molecule has 2 aliphatic rings. The Bertz CT molecular complexity index is 285. The van der Waals surface area contributed by atoms with Gasteiger partial charge in [-0.05, 0) is 51.6 Å². The van der Waals surface area contributed by atoms with E-state index in [2.05, 4.69) is 10.6 Å². The minimum atomic E-state index is -0.312. The van der Waals surface area contributed by atoms with Crippen LogP contribution >= 0.6 is 0 Å². The summed E-state index contributed by atoms with van der Waals surface area (Å²) in [6, 6.07) is 0. The molecule has 0 aromatic carbocycles. The molecule has 18 heavy (non-hydrogen) atoms. The van der Waals surface area contributed by atoms with Crippen molar-refractivity contribution in [2.75, 3.05) is 19.6 Å². The Kier molecular flexibility index (Phi) is 4.62. The predicted molar refractivity (Wildman–Crippen MR) is 73.2 cm³/mol. The van der Waals surface area contributed by atoms with Gasteiger partial charge in [0.05, 0.1) is 5.92 Å². The third-order valence-electron chi connectivity index (χ3n) is 4.53. The maximum absolute atomic E-state index is 12.2. The fourth-order valence-electron chi connectivity index (χ4n) is 3.26. The molecule has 4 nitrogen and oxygen atoms in total. The summed E-state index contributed by atoms with van der Waals surface area (Å²) < 4.78 is 0. The SMILES string of the molecule is CC1(N)CCCCC1C(=O)NCC1CCCNC1. The molecule has 1 aliphatic carbocycles. The zero-order valence-corrected chi connectivity index (χ0v) is 11.5. The van der Waals surface area contributed by atoms with Crippen LogP contribution in [0.2, 0.25) is 0 Å². The molecule has 1 amide bonds. The summed E-state index contributed by atoms with van der Waals surface area (Å²) in [6.45, 7) is 4.98. The summed E-state index contributed by atoms with van der Waals surface area (Å²) in [7, 11) is 0. The van der Waals surface area contributed by atoms with Crippen LogP contribution in [-0.4, -0.2) is 31.1 Å². The molecule has 3 atom stereocenters. The Morgan fingerprint density at radius 2 is 2.22 bits per heavy atom. The van der Waals surface area contributed by atoms with Gasteiger partial charge in [-0.25, -0.2) is 0 Å². The third kappa shape index (κ3) is 3.45. The van der Waals surface area contributed by atoms with E-state index < -0.39 is 0 Å². The monoisotopic (exact) mass is 253 g/mol. The summed E-state index contributed by atoms with van der Waals surface area (Å²) in [5, 5.41) is 6.50. The minimum Gasteiger partial charge on any atom is -0.355 e. The topological polar surface area (TPSA) is 67.2 Å². The van der Waals surface area contributed by atoms with Gasteiger partial charge in [-0.2, -0.15) is 0 Å². The van der Waals surface area contributed by atoms with Gasteiger partial charge < -0.3 is 16.4 Å². The minimum absolute atomic E-state index is 0.00259. The first-order chi connectivity index (χ1) is 8.59. The molecule has 1 heterocycles. The van der Waals surface area contributed by atoms with Gasteiger partial charge in [0, 0.05) is 12.1 Å². The zero-order valence-electron chi connectivity index (χ0n) is 11.5. The Labute approximate surface area is 110 Å². The van der Waals surface area contributed by atoms with E-state index in [1.165, 1.54) is 12.8 Å². The van der Waals surface area contributed by atoms with Gasteiger partial charge in [-0.15, -0.1) is 0 Å². The number of rotatable bonds is 3. The number of hydrogen-bond acceptors (Lipinski definition) is 3. The van der Waals surface area contributed by atoms with E-state index in [4.69, 9.17) is 5.73 Å². The highest BCUT2D eigenvalue weighted by Crippen LogP contribution is 2.31. The lowest BCUT2D eigenvalue weighted by molar-refractivity contribution is -0.128. The standard InChI is InChI=1S/C14H27N3O/c1-14(15)7-3-2-6-12(14)13(18)17-10-11-5-4-8-16-9-11/h11-12,16H,2-10,15H2,1H3,(H,17,18). The van der Waals surface area contributed by atoms with Crippen LogP contribution in [-0.2, 0) is 4.79 Å². The van der Waals surface area contributed by atoms with Gasteiger partial charge in [0.15, 0.2) is 0 Å². The van der Waals surface area contributed by atoms with Gasteiger partial charge in [-0.1, -0.05) is 12.8 Å². The van der Waals surface area contributed by atoms with Crippen molar-refractivity contribution in [1.29, 1.82) is 0 Å². The molecule has 4 heteroatoms. The molecular weight excluding hydrogens is 226 g/mol. The molecule has 1 aliphatic heterocycles. The van der Waals surface area contributed by atoms with Crippen LogP contribution in [0.15, 0.2) is 0 Å². The lowest BCUT2D eigenvalue weighted by atomic mass is 9.74. The molecule has 104 valence electrons. The second-order valence-electron chi connectivity index (χ2n) is 6.26. The van der Waals surface area contributed by atoms with Crippen molar-refractivity contribution in [1.82, 2.24) is 10.6 Å². The number of carbonyl (C=O) groups excluding carboxylic acids is 1. The van der Waals surface area contributed by atoms with Crippen LogP contribution in [0, 0.1) is 11.8 Å². The average molecular weight is 253 g/mol. The average Bonchev–Trinajstić information content (AvgIpc) is 2.37. The van der Waals surface area contributed by atoms with Gasteiger partial charge in [0.25, 0.3) is 0 Å². The first kappa shape index (κ1) is 13.8. The number of hydrogen-bond donors (Lipinski definition) is 3. The zero-order chi connectivity index (χ0) is 13.0. The van der Waals surface area contributed by atoms with Crippen molar-refractivity contribution in [2.45, 2.75) is 51.0 Å². The van der Waals surface area contributed by atoms with Crippen molar-refractivity contribution < 1.29 is 4.79 Å². The molecule has 0 aromatic heterocycles. The molecular formula is C14H27N3O. The lowest BCUT2D eigenvalue weighted by Crippen LogP contribution is -2.53. The van der Waals surface area contributed by atoms with Crippen molar-refractivity contribution in [2.24, 2.45) is 17.6 Å². The summed E-state index contributed by atoms with van der Waals surface area (Å²) in [4.78, 5) is 12.2. The quantitative estimate of drug-likeness (QED) is 0.703. The Balaban J connectivity index is 1.79. The molecule has 1 saturated heterocycles. The van der Waals surface area contributed by atoms with Gasteiger partial charge in [0.2, 0.25) is 5.91 Å². The van der Waals surface area contributed by atoms with E-state index in [1.54, 1.807) is 0 Å². The summed E-state index contributed by atoms with van der Waals surface area (Å²) >= 11 is 0. The highest BCUT2D eigenvalue weighted by atomic mass is 16.1. The highest BCUT2D eigenvalue weighted by Gasteiger charge is 2.37. The maximum atomic E-state index is 12.2. The van der Waals surface area contributed by atoms with E-state index in [9.17, 15) is 4.79 Å². The first-order valence-corrected chi connectivity index (χ1v) is 7.37. The molecule has 2 fully saturated rings. The van der Waals surface area contributed by atoms with Crippen LogP contribution in [0.4, 0.5) is 0 Å². The highest BCUT2D eigenvalue weighted by molar-refractivity contribution is 5.80. The van der Waals surface area contributed by atoms with Gasteiger partial charge >= 0.3 is 0 Å². The number of carbonyl (C=O) groups is 1. The van der Waals surface area contributed by atoms with E-state index in [-0.39, 0.29) is 17.4 Å². The summed E-state index contributed by atoms with van der Waals surface area (Å²) in [5.74, 6) is 0.767. The Morgan fingerprint density at radius 1 is 1.39 bits per heavy atom. The lowest BCUT2D eigenvalue weighted by Gasteiger charge is -2.37. The van der Waals surface area contributed by atoms with Gasteiger partial charge in [0.1, 0.15) is 0 Å². The Morgan fingerprint density at radius 3 is 2.89 bits per heavy atom. The maximum Gasteiger partial charge on any atom is 0.224 e. The van der Waals surface area contributed by atoms with Crippen molar-refractivity contribution in [3.05, 3.63) is 0 Å². The number of amides is 1. The normalized spacial score (nSPS) is 37.2. The van der Waals surface area contributed by atoms with Gasteiger partial charge in [-0.3, -0.25) is 4.79 Å². The molecule has 0 spiro atoms. The molecule has 0 bridgehead atoms. The largest absolute Gasteiger partial charge is 0.355 e. The van der Waals surface area contributed by atoms with Crippen molar-refractivity contribution in [3.63, 3.8) is 0 Å². The molecule has 3 unspecified atom stereocenters. The van der Waals surface area contributed by atoms with Crippen LogP contribution < -0.4 is 16.4 Å². The third-order valence-corrected chi connectivity index (χ3v) is 4.53. The van der Waals surface area contributed by atoms with Crippen LogP contribution in [0.5, 0.6) is 0 Å². The molecule has 2 rings (SSSR count). The van der Waals surface area contributed by atoms with Crippen molar-refractivity contribution in [3.8, 4) is 0 Å². The van der Waals surface area contributed by atoms with Crippen LogP contribution in [0.1, 0.15) is 45.4 Å². The second kappa shape index (κ2) is 6.02. The fourth-order valence-corrected chi connectivity index (χ4v) is 3.26. The van der Waals surface area contributed by atoms with Crippen LogP contribution in [0.3, 0.4) is 0 Å². The van der Waals surface area contributed by atoms with E-state index >= 15 is 0 Å². The van der Waals surface area contributed by atoms with Crippen LogP contribution in [0.25, 0.3) is 0 Å². The van der Waals surface area contributed by atoms with E-state index in [0.717, 1.165) is 45.3 Å². The number of nitrogens with two attached hydrogens (primary N) is 1. The summed E-state index contributed by atoms with van der Waals surface area (Å²) in [5.41, 5.74) is 5.95. The molecule has 0 radical (unpaired) electrons. The molecule has 4 N–H and O–H groups in total. The smallest absolute Gasteiger partial charge is 0.224 e. The predicted octanol–water partition coefficient (Wildman–Crippen LogP) is 1.01. The second-order valence-corrected chi connectivity index (χ2v) is 6.26.